The lowest BCUT2D eigenvalue weighted by Gasteiger charge is -2.23. The predicted molar refractivity (Wildman–Crippen MR) is 112 cm³/mol. The van der Waals surface area contributed by atoms with Gasteiger partial charge in [-0.15, -0.1) is 0 Å². The lowest BCUT2D eigenvalue weighted by atomic mass is 9.81. The van der Waals surface area contributed by atoms with E-state index in [4.69, 9.17) is 4.74 Å². The van der Waals surface area contributed by atoms with E-state index in [-0.39, 0.29) is 23.7 Å². The number of rotatable bonds is 5. The maximum Gasteiger partial charge on any atom is 0.329 e. The van der Waals surface area contributed by atoms with Gasteiger partial charge in [0.05, 0.1) is 11.8 Å². The van der Waals surface area contributed by atoms with Crippen LogP contribution in [0.15, 0.2) is 12.1 Å². The second-order valence-corrected chi connectivity index (χ2v) is 8.56. The predicted octanol–water partition coefficient (Wildman–Crippen LogP) is 3.05. The summed E-state index contributed by atoms with van der Waals surface area (Å²) < 4.78 is 5.31. The smallest absolute Gasteiger partial charge is 0.329 e. The Balaban J connectivity index is 1.64. The Morgan fingerprint density at radius 2 is 1.50 bits per heavy atom. The van der Waals surface area contributed by atoms with Gasteiger partial charge in [0.2, 0.25) is 11.8 Å². The van der Waals surface area contributed by atoms with Crippen molar-refractivity contribution >= 4 is 29.4 Å². The molecule has 1 N–H and O–H groups in total. The average molecular weight is 415 g/mol. The summed E-state index contributed by atoms with van der Waals surface area (Å²) in [4.78, 5) is 51.6. The van der Waals surface area contributed by atoms with Gasteiger partial charge in [-0.05, 0) is 58.6 Å². The average Bonchev–Trinajstić information content (AvgIpc) is 2.94. The Morgan fingerprint density at radius 3 is 2.00 bits per heavy atom. The number of hydrogen-bond acceptors (Lipinski definition) is 5. The quantitative estimate of drug-likeness (QED) is 0.590. The van der Waals surface area contributed by atoms with Crippen LogP contribution in [0.25, 0.3) is 0 Å². The molecule has 1 saturated heterocycles. The fraction of sp³-hybridized carbons (Fsp3) is 0.565. The van der Waals surface area contributed by atoms with Crippen molar-refractivity contribution in [3.8, 4) is 0 Å². The first-order chi connectivity index (χ1) is 14.1. The molecule has 1 aliphatic carbocycles. The number of amides is 3. The van der Waals surface area contributed by atoms with Crippen LogP contribution in [0.2, 0.25) is 0 Å². The van der Waals surface area contributed by atoms with Crippen molar-refractivity contribution in [1.29, 1.82) is 0 Å². The molecule has 0 spiro atoms. The van der Waals surface area contributed by atoms with E-state index in [0.29, 0.717) is 18.5 Å². The molecule has 7 heteroatoms. The molecule has 2 fully saturated rings. The number of imide groups is 1. The first-order valence-electron chi connectivity index (χ1n) is 10.6. The second kappa shape index (κ2) is 8.58. The summed E-state index contributed by atoms with van der Waals surface area (Å²) in [5.41, 5.74) is 3.62. The molecule has 2 aliphatic rings. The molecule has 162 valence electrons. The summed E-state index contributed by atoms with van der Waals surface area (Å²) >= 11 is 0. The molecular formula is C23H30N2O5. The van der Waals surface area contributed by atoms with E-state index >= 15 is 0 Å². The topological polar surface area (TPSA) is 92.8 Å². The van der Waals surface area contributed by atoms with Gasteiger partial charge in [-0.1, -0.05) is 30.5 Å². The van der Waals surface area contributed by atoms with Crippen molar-refractivity contribution in [2.45, 2.75) is 72.4 Å². The van der Waals surface area contributed by atoms with Crippen molar-refractivity contribution in [3.63, 3.8) is 0 Å². The maximum atomic E-state index is 12.7. The van der Waals surface area contributed by atoms with Crippen LogP contribution >= 0.6 is 0 Å². The molecule has 1 aromatic carbocycles. The Labute approximate surface area is 177 Å². The first kappa shape index (κ1) is 22.0. The van der Waals surface area contributed by atoms with Crippen LogP contribution < -0.4 is 5.32 Å². The first-order valence-corrected chi connectivity index (χ1v) is 10.6. The summed E-state index contributed by atoms with van der Waals surface area (Å²) in [5.74, 6) is -2.45. The van der Waals surface area contributed by atoms with Crippen LogP contribution in [-0.2, 0) is 23.9 Å². The minimum atomic E-state index is -1.06. The molecule has 1 heterocycles. The molecule has 4 atom stereocenters. The molecule has 7 nitrogen and oxygen atoms in total. The lowest BCUT2D eigenvalue weighted by molar-refractivity contribution is -0.163. The van der Waals surface area contributed by atoms with Gasteiger partial charge in [-0.25, -0.2) is 4.79 Å². The number of carbonyl (C=O) groups is 4. The molecule has 0 aromatic heterocycles. The van der Waals surface area contributed by atoms with Crippen molar-refractivity contribution in [2.75, 3.05) is 5.32 Å². The summed E-state index contributed by atoms with van der Waals surface area (Å²) in [6.07, 6.45) is 2.14. The van der Waals surface area contributed by atoms with E-state index in [1.807, 2.05) is 32.9 Å². The number of fused-ring (bicyclic) bond motifs is 1. The number of ether oxygens (including phenoxy) is 1. The van der Waals surface area contributed by atoms with Gasteiger partial charge >= 0.3 is 5.97 Å². The zero-order chi connectivity index (χ0) is 22.2. The zero-order valence-corrected chi connectivity index (χ0v) is 18.3. The van der Waals surface area contributed by atoms with Crippen molar-refractivity contribution in [3.05, 3.63) is 28.8 Å². The Bertz CT molecular complexity index is 847. The van der Waals surface area contributed by atoms with Crippen LogP contribution in [0, 0.1) is 32.6 Å². The van der Waals surface area contributed by atoms with Gasteiger partial charge in [-0.2, -0.15) is 0 Å². The highest BCUT2D eigenvalue weighted by atomic mass is 16.5. The SMILES string of the molecule is Cc1cc(C)c(NC(=O)[C@H](C)OC(=O)[C@H](C)N2C(=O)[C@@H]3CCCC[C@H]3C2=O)c(C)c1. The summed E-state index contributed by atoms with van der Waals surface area (Å²) in [6, 6.07) is 2.88. The number of likely N-dealkylation sites (tertiary alicyclic amines) is 1. The fourth-order valence-electron chi connectivity index (χ4n) is 4.60. The summed E-state index contributed by atoms with van der Waals surface area (Å²) in [5, 5.41) is 2.81. The van der Waals surface area contributed by atoms with Crippen molar-refractivity contribution in [1.82, 2.24) is 4.90 Å². The molecule has 1 aromatic rings. The van der Waals surface area contributed by atoms with E-state index in [1.165, 1.54) is 13.8 Å². The van der Waals surface area contributed by atoms with E-state index in [2.05, 4.69) is 5.32 Å². The highest BCUT2D eigenvalue weighted by molar-refractivity contribution is 6.08. The minimum absolute atomic E-state index is 0.294. The summed E-state index contributed by atoms with van der Waals surface area (Å²) in [6.45, 7) is 8.74. The van der Waals surface area contributed by atoms with Gasteiger partial charge < -0.3 is 10.1 Å². The van der Waals surface area contributed by atoms with Gasteiger partial charge in [-0.3, -0.25) is 19.3 Å². The molecule has 0 radical (unpaired) electrons. The normalized spacial score (nSPS) is 23.0. The number of hydrogen-bond donors (Lipinski definition) is 1. The number of esters is 1. The van der Waals surface area contributed by atoms with Crippen LogP contribution in [-0.4, -0.2) is 40.7 Å². The molecule has 1 saturated carbocycles. The number of benzene rings is 1. The number of carbonyl (C=O) groups excluding carboxylic acids is 4. The Kier molecular flexibility index (Phi) is 6.29. The largest absolute Gasteiger partial charge is 0.451 e. The lowest BCUT2D eigenvalue weighted by Crippen LogP contribution is -2.46. The molecule has 30 heavy (non-hydrogen) atoms. The summed E-state index contributed by atoms with van der Waals surface area (Å²) in [7, 11) is 0. The number of anilines is 1. The third kappa shape index (κ3) is 4.11. The highest BCUT2D eigenvalue weighted by Crippen LogP contribution is 2.39. The third-order valence-corrected chi connectivity index (χ3v) is 6.19. The second-order valence-electron chi connectivity index (χ2n) is 8.56. The number of nitrogens with zero attached hydrogens (tertiary/aromatic N) is 1. The van der Waals surface area contributed by atoms with E-state index < -0.39 is 24.0 Å². The van der Waals surface area contributed by atoms with Crippen LogP contribution in [0.5, 0.6) is 0 Å². The monoisotopic (exact) mass is 414 g/mol. The van der Waals surface area contributed by atoms with Gasteiger partial charge in [0.1, 0.15) is 6.04 Å². The molecule has 0 unspecified atom stereocenters. The van der Waals surface area contributed by atoms with E-state index in [1.54, 1.807) is 0 Å². The number of nitrogens with one attached hydrogen (secondary N) is 1. The molecular weight excluding hydrogens is 384 g/mol. The Morgan fingerprint density at radius 1 is 1.00 bits per heavy atom. The fourth-order valence-corrected chi connectivity index (χ4v) is 4.60. The molecule has 3 rings (SSSR count). The Hall–Kier alpha value is -2.70. The van der Waals surface area contributed by atoms with Crippen LogP contribution in [0.4, 0.5) is 5.69 Å². The van der Waals surface area contributed by atoms with E-state index in [9.17, 15) is 19.2 Å². The van der Waals surface area contributed by atoms with Crippen LogP contribution in [0.3, 0.4) is 0 Å². The number of aryl methyl sites for hydroxylation is 3. The molecule has 0 bridgehead atoms. The van der Waals surface area contributed by atoms with Crippen LogP contribution in [0.1, 0.15) is 56.2 Å². The van der Waals surface area contributed by atoms with Crippen molar-refractivity contribution in [2.24, 2.45) is 11.8 Å². The zero-order valence-electron chi connectivity index (χ0n) is 18.3. The maximum absolute atomic E-state index is 12.7. The highest BCUT2D eigenvalue weighted by Gasteiger charge is 2.51. The molecule has 1 aliphatic heterocycles. The van der Waals surface area contributed by atoms with Crippen molar-refractivity contribution < 1.29 is 23.9 Å². The van der Waals surface area contributed by atoms with Gasteiger partial charge in [0.15, 0.2) is 6.10 Å². The third-order valence-electron chi connectivity index (χ3n) is 6.19. The van der Waals surface area contributed by atoms with Gasteiger partial charge in [0, 0.05) is 5.69 Å². The molecule has 3 amide bonds. The van der Waals surface area contributed by atoms with Gasteiger partial charge in [0.25, 0.3) is 5.91 Å². The van der Waals surface area contributed by atoms with E-state index in [0.717, 1.165) is 34.4 Å². The minimum Gasteiger partial charge on any atom is -0.451 e. The standard InChI is InChI=1S/C23H30N2O5/c1-12-10-13(2)19(14(3)11-12)24-20(26)16(5)30-23(29)15(4)25-21(27)17-8-6-7-9-18(17)22(25)28/h10-11,15-18H,6-9H2,1-5H3,(H,24,26)/t15-,16-,17+,18+/m0/s1.